The third-order valence-electron chi connectivity index (χ3n) is 2.88. The third-order valence-corrected chi connectivity index (χ3v) is 4.04. The summed E-state index contributed by atoms with van der Waals surface area (Å²) in [5.74, 6) is 0.701. The Hall–Kier alpha value is -1.33. The van der Waals surface area contributed by atoms with Gasteiger partial charge in [0.1, 0.15) is 5.82 Å². The quantitative estimate of drug-likeness (QED) is 0.824. The van der Waals surface area contributed by atoms with Crippen LogP contribution in [0.5, 0.6) is 0 Å². The highest BCUT2D eigenvalue weighted by Gasteiger charge is 2.10. The smallest absolute Gasteiger partial charge is 0.124 e. The highest BCUT2D eigenvalue weighted by Crippen LogP contribution is 2.20. The first-order chi connectivity index (χ1) is 9.17. The van der Waals surface area contributed by atoms with Crippen LogP contribution in [0.4, 0.5) is 4.39 Å². The molecule has 1 heterocycles. The number of nitrogens with zero attached hydrogens (tertiary/aromatic N) is 2. The molecule has 1 atom stereocenters. The molecule has 1 aromatic heterocycles. The first-order valence-electron chi connectivity index (χ1n) is 6.21. The van der Waals surface area contributed by atoms with Crippen LogP contribution in [0.2, 0.25) is 0 Å². The zero-order chi connectivity index (χ0) is 13.7. The summed E-state index contributed by atoms with van der Waals surface area (Å²) in [5.41, 5.74) is 1.07. The Balaban J connectivity index is 1.89. The number of aryl methyl sites for hydroxylation is 1. The Bertz CT molecular complexity index is 527. The highest BCUT2D eigenvalue weighted by molar-refractivity contribution is 7.99. The number of halogens is 1. The van der Waals surface area contributed by atoms with Crippen LogP contribution in [0, 0.1) is 5.82 Å². The Morgan fingerprint density at radius 2 is 2.26 bits per heavy atom. The fraction of sp³-hybridized carbons (Fsp3) is 0.357. The van der Waals surface area contributed by atoms with Gasteiger partial charge in [-0.15, -0.1) is 11.8 Å². The van der Waals surface area contributed by atoms with Crippen molar-refractivity contribution in [2.24, 2.45) is 7.05 Å². The van der Waals surface area contributed by atoms with Gasteiger partial charge in [-0.05, 0) is 31.3 Å². The lowest BCUT2D eigenvalue weighted by molar-refractivity contribution is 0.599. The molecule has 1 aromatic carbocycles. The van der Waals surface area contributed by atoms with E-state index >= 15 is 0 Å². The largest absolute Gasteiger partial charge is 0.316 e. The van der Waals surface area contributed by atoms with E-state index in [0.717, 1.165) is 22.8 Å². The van der Waals surface area contributed by atoms with Crippen molar-refractivity contribution in [1.29, 1.82) is 0 Å². The fourth-order valence-electron chi connectivity index (χ4n) is 1.82. The van der Waals surface area contributed by atoms with Gasteiger partial charge < -0.3 is 5.32 Å². The van der Waals surface area contributed by atoms with Crippen LogP contribution in [0.3, 0.4) is 0 Å². The van der Waals surface area contributed by atoms with Gasteiger partial charge in [-0.3, -0.25) is 4.68 Å². The molecule has 0 amide bonds. The van der Waals surface area contributed by atoms with E-state index in [1.54, 1.807) is 23.9 Å². The van der Waals surface area contributed by atoms with Crippen LogP contribution in [0.15, 0.2) is 41.4 Å². The molecule has 2 aromatic rings. The summed E-state index contributed by atoms with van der Waals surface area (Å²) in [6.45, 7) is 0. The molecule has 0 saturated carbocycles. The molecule has 2 rings (SSSR count). The van der Waals surface area contributed by atoms with Gasteiger partial charge in [-0.25, -0.2) is 4.39 Å². The van der Waals surface area contributed by atoms with Crippen LogP contribution in [0.25, 0.3) is 0 Å². The summed E-state index contributed by atoms with van der Waals surface area (Å²) in [4.78, 5) is 0.960. The van der Waals surface area contributed by atoms with Gasteiger partial charge >= 0.3 is 0 Å². The summed E-state index contributed by atoms with van der Waals surface area (Å²) in [7, 11) is 3.86. The Labute approximate surface area is 117 Å². The molecule has 19 heavy (non-hydrogen) atoms. The van der Waals surface area contributed by atoms with Gasteiger partial charge in [-0.2, -0.15) is 5.10 Å². The monoisotopic (exact) mass is 279 g/mol. The molecule has 0 saturated heterocycles. The van der Waals surface area contributed by atoms with Crippen molar-refractivity contribution in [1.82, 2.24) is 15.1 Å². The number of benzene rings is 1. The van der Waals surface area contributed by atoms with Crippen LogP contribution >= 0.6 is 11.8 Å². The molecule has 0 aliphatic carbocycles. The Morgan fingerprint density at radius 3 is 2.89 bits per heavy atom. The van der Waals surface area contributed by atoms with Gasteiger partial charge in [0.05, 0.1) is 5.69 Å². The molecule has 0 fully saturated rings. The first kappa shape index (κ1) is 14.1. The van der Waals surface area contributed by atoms with E-state index in [2.05, 4.69) is 10.4 Å². The van der Waals surface area contributed by atoms with E-state index in [1.807, 2.05) is 37.1 Å². The average Bonchev–Trinajstić information content (AvgIpc) is 2.80. The molecule has 0 bridgehead atoms. The Morgan fingerprint density at radius 1 is 1.42 bits per heavy atom. The van der Waals surface area contributed by atoms with E-state index in [0.29, 0.717) is 6.04 Å². The minimum Gasteiger partial charge on any atom is -0.316 e. The first-order valence-corrected chi connectivity index (χ1v) is 7.20. The lowest BCUT2D eigenvalue weighted by Crippen LogP contribution is -2.30. The second-order valence-electron chi connectivity index (χ2n) is 4.44. The van der Waals surface area contributed by atoms with Gasteiger partial charge in [0, 0.05) is 36.4 Å². The van der Waals surface area contributed by atoms with Gasteiger partial charge in [0.2, 0.25) is 0 Å². The molecule has 0 aliphatic rings. The molecule has 1 unspecified atom stereocenters. The fourth-order valence-corrected chi connectivity index (χ4v) is 2.87. The van der Waals surface area contributed by atoms with E-state index in [9.17, 15) is 4.39 Å². The van der Waals surface area contributed by atoms with E-state index in [-0.39, 0.29) is 5.82 Å². The highest BCUT2D eigenvalue weighted by atomic mass is 32.2. The van der Waals surface area contributed by atoms with Crippen LogP contribution < -0.4 is 5.32 Å². The summed E-state index contributed by atoms with van der Waals surface area (Å²) >= 11 is 1.66. The molecule has 0 aliphatic heterocycles. The molecule has 0 spiro atoms. The summed E-state index contributed by atoms with van der Waals surface area (Å²) < 4.78 is 14.9. The number of rotatable bonds is 6. The van der Waals surface area contributed by atoms with E-state index in [4.69, 9.17) is 0 Å². The van der Waals surface area contributed by atoms with Crippen molar-refractivity contribution >= 4 is 11.8 Å². The molecule has 1 N–H and O–H groups in total. The second-order valence-corrected chi connectivity index (χ2v) is 5.53. The lowest BCUT2D eigenvalue weighted by atomic mass is 10.2. The number of thioether (sulfide) groups is 1. The van der Waals surface area contributed by atoms with Crippen LogP contribution in [-0.4, -0.2) is 28.6 Å². The predicted octanol–water partition coefficient (Wildman–Crippen LogP) is 2.48. The number of aromatic nitrogens is 2. The van der Waals surface area contributed by atoms with Crippen LogP contribution in [-0.2, 0) is 13.5 Å². The summed E-state index contributed by atoms with van der Waals surface area (Å²) in [6.07, 6.45) is 2.82. The maximum atomic E-state index is 13.1. The molecular weight excluding hydrogens is 261 g/mol. The van der Waals surface area contributed by atoms with Crippen molar-refractivity contribution in [3.8, 4) is 0 Å². The maximum absolute atomic E-state index is 13.1. The van der Waals surface area contributed by atoms with Gasteiger partial charge in [0.25, 0.3) is 0 Å². The number of hydrogen-bond donors (Lipinski definition) is 1. The number of hydrogen-bond acceptors (Lipinski definition) is 3. The van der Waals surface area contributed by atoms with Crippen molar-refractivity contribution in [3.63, 3.8) is 0 Å². The maximum Gasteiger partial charge on any atom is 0.124 e. The summed E-state index contributed by atoms with van der Waals surface area (Å²) in [5, 5.41) is 7.66. The predicted molar refractivity (Wildman–Crippen MR) is 76.9 cm³/mol. The summed E-state index contributed by atoms with van der Waals surface area (Å²) in [6, 6.07) is 9.05. The number of likely N-dealkylation sites (N-methyl/N-ethyl adjacent to an activating group) is 1. The minimum atomic E-state index is -0.185. The normalized spacial score (nSPS) is 12.6. The van der Waals surface area contributed by atoms with Gasteiger partial charge in [-0.1, -0.05) is 6.07 Å². The number of nitrogens with one attached hydrogen (secondary N) is 1. The van der Waals surface area contributed by atoms with Crippen molar-refractivity contribution < 1.29 is 4.39 Å². The zero-order valence-corrected chi connectivity index (χ0v) is 12.0. The van der Waals surface area contributed by atoms with E-state index in [1.165, 1.54) is 6.07 Å². The van der Waals surface area contributed by atoms with E-state index < -0.39 is 0 Å². The van der Waals surface area contributed by atoms with Crippen molar-refractivity contribution in [2.75, 3.05) is 12.8 Å². The van der Waals surface area contributed by atoms with Crippen LogP contribution in [0.1, 0.15) is 5.69 Å². The van der Waals surface area contributed by atoms with Crippen molar-refractivity contribution in [3.05, 3.63) is 48.0 Å². The van der Waals surface area contributed by atoms with Crippen molar-refractivity contribution in [2.45, 2.75) is 17.4 Å². The molecule has 102 valence electrons. The second kappa shape index (κ2) is 6.73. The molecule has 3 nitrogen and oxygen atoms in total. The standard InChI is InChI=1S/C14H18FN3S/c1-16-13(9-12-6-7-18(2)17-12)10-19-14-5-3-4-11(15)8-14/h3-8,13,16H,9-10H2,1-2H3. The minimum absolute atomic E-state index is 0.185. The molecule has 0 radical (unpaired) electrons. The lowest BCUT2D eigenvalue weighted by Gasteiger charge is -2.14. The third kappa shape index (κ3) is 4.36. The molecule has 5 heteroatoms. The molecular formula is C14H18FN3S. The average molecular weight is 279 g/mol. The Kier molecular flexibility index (Phi) is 4.99. The zero-order valence-electron chi connectivity index (χ0n) is 11.1. The van der Waals surface area contributed by atoms with Gasteiger partial charge in [0.15, 0.2) is 0 Å². The SMILES string of the molecule is CNC(CSc1cccc(F)c1)Cc1ccn(C)n1. The topological polar surface area (TPSA) is 29.9 Å².